The molecule has 1 unspecified atom stereocenters. The summed E-state index contributed by atoms with van der Waals surface area (Å²) in [6, 6.07) is -0.378. The Balaban J connectivity index is 2.74. The number of carbonyl (C=O) groups is 1. The molecular weight excluding hydrogens is 270 g/mol. The number of carbonyl (C=O) groups excluding carboxylic acids is 1. The predicted molar refractivity (Wildman–Crippen MR) is 83.5 cm³/mol. The van der Waals surface area contributed by atoms with E-state index in [2.05, 4.69) is 32.8 Å². The van der Waals surface area contributed by atoms with Gasteiger partial charge in [-0.1, -0.05) is 13.3 Å². The van der Waals surface area contributed by atoms with Crippen molar-refractivity contribution in [3.05, 3.63) is 11.9 Å². The Labute approximate surface area is 125 Å². The first-order valence-corrected chi connectivity index (χ1v) is 7.18. The second-order valence-corrected chi connectivity index (χ2v) is 4.70. The summed E-state index contributed by atoms with van der Waals surface area (Å²) in [6.45, 7) is 4.89. The average Bonchev–Trinajstić information content (AvgIpc) is 2.49. The van der Waals surface area contributed by atoms with E-state index in [0.29, 0.717) is 19.0 Å². The summed E-state index contributed by atoms with van der Waals surface area (Å²) in [5, 5.41) is 9.01. The van der Waals surface area contributed by atoms with E-state index in [1.807, 2.05) is 7.05 Å². The molecular formula is C14H25N5O2. The predicted octanol–water partition coefficient (Wildman–Crippen LogP) is 1.03. The van der Waals surface area contributed by atoms with Crippen LogP contribution in [0.2, 0.25) is 0 Å². The van der Waals surface area contributed by atoms with Gasteiger partial charge in [-0.25, -0.2) is 9.97 Å². The zero-order valence-corrected chi connectivity index (χ0v) is 13.2. The Morgan fingerprint density at radius 2 is 2.10 bits per heavy atom. The van der Waals surface area contributed by atoms with Crippen LogP contribution in [0.3, 0.4) is 0 Å². The lowest BCUT2D eigenvalue weighted by atomic mass is 10.1. The Morgan fingerprint density at radius 1 is 1.38 bits per heavy atom. The standard InChI is InChI=1S/C14H25N5O2/c1-5-6-11-12(15-3)17-9-18-13(11)19-10(2)14(20)16-7-8-21-4/h9-10H,5-8H2,1-4H3,(H,16,20)(H2,15,17,18,19). The molecule has 7 nitrogen and oxygen atoms in total. The summed E-state index contributed by atoms with van der Waals surface area (Å²) in [6.07, 6.45) is 3.31. The Kier molecular flexibility index (Phi) is 7.45. The molecule has 1 amide bonds. The second-order valence-electron chi connectivity index (χ2n) is 4.70. The number of methoxy groups -OCH3 is 1. The molecule has 7 heteroatoms. The van der Waals surface area contributed by atoms with E-state index in [0.717, 1.165) is 24.2 Å². The van der Waals surface area contributed by atoms with Gasteiger partial charge in [0.2, 0.25) is 5.91 Å². The molecule has 0 aliphatic rings. The van der Waals surface area contributed by atoms with E-state index in [-0.39, 0.29) is 11.9 Å². The Bertz CT molecular complexity index is 453. The van der Waals surface area contributed by atoms with Gasteiger partial charge in [0.25, 0.3) is 0 Å². The minimum absolute atomic E-state index is 0.0841. The summed E-state index contributed by atoms with van der Waals surface area (Å²) < 4.78 is 4.91. The first-order valence-electron chi connectivity index (χ1n) is 7.18. The van der Waals surface area contributed by atoms with E-state index in [9.17, 15) is 4.79 Å². The molecule has 0 fully saturated rings. The number of rotatable bonds is 9. The third-order valence-corrected chi connectivity index (χ3v) is 3.03. The van der Waals surface area contributed by atoms with E-state index in [1.165, 1.54) is 6.33 Å². The number of ether oxygens (including phenoxy) is 1. The zero-order valence-electron chi connectivity index (χ0n) is 13.2. The Morgan fingerprint density at radius 3 is 2.71 bits per heavy atom. The van der Waals surface area contributed by atoms with Crippen LogP contribution in [0, 0.1) is 0 Å². The molecule has 0 aliphatic carbocycles. The molecule has 0 radical (unpaired) electrons. The van der Waals surface area contributed by atoms with Crippen LogP contribution in [0.4, 0.5) is 11.6 Å². The van der Waals surface area contributed by atoms with Crippen molar-refractivity contribution >= 4 is 17.5 Å². The number of hydrogen-bond donors (Lipinski definition) is 3. The van der Waals surface area contributed by atoms with Gasteiger partial charge in [0.1, 0.15) is 24.0 Å². The minimum atomic E-state index is -0.378. The van der Waals surface area contributed by atoms with E-state index in [1.54, 1.807) is 14.0 Å². The first kappa shape index (κ1) is 17.2. The fourth-order valence-corrected chi connectivity index (χ4v) is 1.94. The molecule has 1 heterocycles. The molecule has 0 saturated heterocycles. The lowest BCUT2D eigenvalue weighted by molar-refractivity contribution is -0.121. The van der Waals surface area contributed by atoms with Crippen LogP contribution >= 0.6 is 0 Å². The SMILES string of the molecule is CCCc1c(NC)ncnc1NC(C)C(=O)NCCOC. The van der Waals surface area contributed by atoms with Gasteiger partial charge in [-0.05, 0) is 13.3 Å². The molecule has 1 aromatic rings. The maximum Gasteiger partial charge on any atom is 0.242 e. The molecule has 0 saturated carbocycles. The number of nitrogens with one attached hydrogen (secondary N) is 3. The molecule has 0 aliphatic heterocycles. The van der Waals surface area contributed by atoms with Crippen molar-refractivity contribution in [1.82, 2.24) is 15.3 Å². The molecule has 21 heavy (non-hydrogen) atoms. The summed E-state index contributed by atoms with van der Waals surface area (Å²) in [7, 11) is 3.43. The quantitative estimate of drug-likeness (QED) is 0.590. The highest BCUT2D eigenvalue weighted by molar-refractivity contribution is 5.84. The third kappa shape index (κ3) is 5.18. The zero-order chi connectivity index (χ0) is 15.7. The number of nitrogens with zero attached hydrogens (tertiary/aromatic N) is 2. The maximum atomic E-state index is 12.0. The molecule has 0 spiro atoms. The van der Waals surface area contributed by atoms with Gasteiger partial charge in [0.05, 0.1) is 6.61 Å². The molecule has 1 rings (SSSR count). The summed E-state index contributed by atoms with van der Waals surface area (Å²) in [5.41, 5.74) is 0.999. The van der Waals surface area contributed by atoms with Crippen molar-refractivity contribution in [2.24, 2.45) is 0 Å². The first-order chi connectivity index (χ1) is 10.1. The Hall–Kier alpha value is -1.89. The van der Waals surface area contributed by atoms with Gasteiger partial charge in [-0.3, -0.25) is 4.79 Å². The normalized spacial score (nSPS) is 11.8. The number of amides is 1. The molecule has 3 N–H and O–H groups in total. The van der Waals surface area contributed by atoms with Crippen molar-refractivity contribution in [3.8, 4) is 0 Å². The maximum absolute atomic E-state index is 12.0. The number of hydrogen-bond acceptors (Lipinski definition) is 6. The second kappa shape index (κ2) is 9.12. The van der Waals surface area contributed by atoms with Crippen molar-refractivity contribution in [3.63, 3.8) is 0 Å². The highest BCUT2D eigenvalue weighted by Crippen LogP contribution is 2.21. The van der Waals surface area contributed by atoms with Crippen LogP contribution in [-0.4, -0.2) is 49.2 Å². The van der Waals surface area contributed by atoms with Gasteiger partial charge >= 0.3 is 0 Å². The smallest absolute Gasteiger partial charge is 0.242 e. The monoisotopic (exact) mass is 295 g/mol. The molecule has 1 atom stereocenters. The lowest BCUT2D eigenvalue weighted by Crippen LogP contribution is -2.39. The summed E-state index contributed by atoms with van der Waals surface area (Å²) in [5.74, 6) is 1.41. The van der Waals surface area contributed by atoms with Crippen LogP contribution < -0.4 is 16.0 Å². The molecule has 1 aromatic heterocycles. The average molecular weight is 295 g/mol. The van der Waals surface area contributed by atoms with E-state index >= 15 is 0 Å². The van der Waals surface area contributed by atoms with Crippen molar-refractivity contribution in [1.29, 1.82) is 0 Å². The molecule has 118 valence electrons. The van der Waals surface area contributed by atoms with E-state index in [4.69, 9.17) is 4.74 Å². The fraction of sp³-hybridized carbons (Fsp3) is 0.643. The van der Waals surface area contributed by atoms with E-state index < -0.39 is 0 Å². The van der Waals surface area contributed by atoms with Crippen LogP contribution in [0.1, 0.15) is 25.8 Å². The minimum Gasteiger partial charge on any atom is -0.383 e. The van der Waals surface area contributed by atoms with Crippen LogP contribution in [0.25, 0.3) is 0 Å². The topological polar surface area (TPSA) is 88.2 Å². The van der Waals surface area contributed by atoms with Crippen LogP contribution in [0.5, 0.6) is 0 Å². The summed E-state index contributed by atoms with van der Waals surface area (Å²) in [4.78, 5) is 20.4. The summed E-state index contributed by atoms with van der Waals surface area (Å²) >= 11 is 0. The van der Waals surface area contributed by atoms with Crippen molar-refractivity contribution < 1.29 is 9.53 Å². The van der Waals surface area contributed by atoms with Crippen molar-refractivity contribution in [2.45, 2.75) is 32.7 Å². The molecule has 0 bridgehead atoms. The number of aromatic nitrogens is 2. The lowest BCUT2D eigenvalue weighted by Gasteiger charge is -2.18. The number of anilines is 2. The van der Waals surface area contributed by atoms with Gasteiger partial charge in [-0.2, -0.15) is 0 Å². The fourth-order valence-electron chi connectivity index (χ4n) is 1.94. The van der Waals surface area contributed by atoms with Crippen LogP contribution in [-0.2, 0) is 16.0 Å². The van der Waals surface area contributed by atoms with Gasteiger partial charge in [0, 0.05) is 26.3 Å². The van der Waals surface area contributed by atoms with Crippen LogP contribution in [0.15, 0.2) is 6.33 Å². The third-order valence-electron chi connectivity index (χ3n) is 3.03. The van der Waals surface area contributed by atoms with Gasteiger partial charge < -0.3 is 20.7 Å². The van der Waals surface area contributed by atoms with Gasteiger partial charge in [-0.15, -0.1) is 0 Å². The molecule has 0 aromatic carbocycles. The van der Waals surface area contributed by atoms with Gasteiger partial charge in [0.15, 0.2) is 0 Å². The van der Waals surface area contributed by atoms with Crippen molar-refractivity contribution in [2.75, 3.05) is 37.9 Å². The largest absolute Gasteiger partial charge is 0.383 e. The highest BCUT2D eigenvalue weighted by atomic mass is 16.5. The highest BCUT2D eigenvalue weighted by Gasteiger charge is 2.16.